The van der Waals surface area contributed by atoms with Crippen LogP contribution in [0.4, 0.5) is 0 Å². The van der Waals surface area contributed by atoms with Gasteiger partial charge in [0.2, 0.25) is 10.0 Å². The fourth-order valence-corrected chi connectivity index (χ4v) is 4.03. The van der Waals surface area contributed by atoms with E-state index in [-0.39, 0.29) is 24.0 Å². The summed E-state index contributed by atoms with van der Waals surface area (Å²) in [6.07, 6.45) is 1.90. The molecule has 0 spiro atoms. The highest BCUT2D eigenvalue weighted by Crippen LogP contribution is 2.20. The number of sulfonamides is 1. The predicted octanol–water partition coefficient (Wildman–Crippen LogP) is 2.16. The van der Waals surface area contributed by atoms with Crippen molar-refractivity contribution in [3.05, 3.63) is 29.8 Å². The van der Waals surface area contributed by atoms with Crippen LogP contribution in [0.3, 0.4) is 0 Å². The van der Waals surface area contributed by atoms with E-state index in [4.69, 9.17) is 0 Å². The molecule has 8 heteroatoms. The van der Waals surface area contributed by atoms with Crippen LogP contribution in [0.15, 0.2) is 34.2 Å². The Morgan fingerprint density at radius 1 is 1.21 bits per heavy atom. The van der Waals surface area contributed by atoms with E-state index in [0.717, 1.165) is 24.4 Å². The van der Waals surface area contributed by atoms with Crippen molar-refractivity contribution in [2.45, 2.75) is 44.2 Å². The molecule has 1 saturated heterocycles. The van der Waals surface area contributed by atoms with Gasteiger partial charge in [-0.25, -0.2) is 8.42 Å². The van der Waals surface area contributed by atoms with Crippen LogP contribution in [0.25, 0.3) is 0 Å². The lowest BCUT2D eigenvalue weighted by molar-refractivity contribution is 0.477. The summed E-state index contributed by atoms with van der Waals surface area (Å²) in [5, 5.41) is 6.42. The molecule has 2 rings (SSSR count). The van der Waals surface area contributed by atoms with Crippen LogP contribution < -0.4 is 10.6 Å². The Morgan fingerprint density at radius 2 is 1.79 bits per heavy atom. The van der Waals surface area contributed by atoms with Crippen LogP contribution in [-0.2, 0) is 16.6 Å². The largest absolute Gasteiger partial charge is 0.354 e. The summed E-state index contributed by atoms with van der Waals surface area (Å²) >= 11 is 0. The lowest BCUT2D eigenvalue weighted by Gasteiger charge is -2.16. The Hall–Kier alpha value is -0.870. The van der Waals surface area contributed by atoms with Gasteiger partial charge in [-0.05, 0) is 44.4 Å². The third-order valence-corrected chi connectivity index (χ3v) is 5.65. The van der Waals surface area contributed by atoms with Crippen molar-refractivity contribution >= 4 is 40.0 Å². The molecular weight excluding hydrogens is 439 g/mol. The highest BCUT2D eigenvalue weighted by Gasteiger charge is 2.26. The fourth-order valence-electron chi connectivity index (χ4n) is 2.51. The SMILES string of the molecule is CN=C(NCc1ccc(S(=O)(=O)N2CCCC2)cc1)NC(C)C.I. The molecule has 0 radical (unpaired) electrons. The molecule has 0 saturated carbocycles. The Kier molecular flexibility index (Phi) is 8.44. The second-order valence-electron chi connectivity index (χ2n) is 5.98. The molecule has 6 nitrogen and oxygen atoms in total. The van der Waals surface area contributed by atoms with Crippen LogP contribution in [-0.4, -0.2) is 44.9 Å². The molecule has 1 aromatic carbocycles. The molecule has 1 aromatic rings. The summed E-state index contributed by atoms with van der Waals surface area (Å²) in [5.41, 5.74) is 1.01. The first kappa shape index (κ1) is 21.2. The number of rotatable bonds is 5. The molecule has 136 valence electrons. The van der Waals surface area contributed by atoms with Crippen molar-refractivity contribution in [2.24, 2.45) is 4.99 Å². The molecule has 0 bridgehead atoms. The quantitative estimate of drug-likeness (QED) is 0.397. The lowest BCUT2D eigenvalue weighted by Crippen LogP contribution is -2.40. The summed E-state index contributed by atoms with van der Waals surface area (Å²) in [6, 6.07) is 7.36. The van der Waals surface area contributed by atoms with Crippen molar-refractivity contribution in [1.29, 1.82) is 0 Å². The smallest absolute Gasteiger partial charge is 0.243 e. The van der Waals surface area contributed by atoms with Crippen molar-refractivity contribution in [1.82, 2.24) is 14.9 Å². The second-order valence-corrected chi connectivity index (χ2v) is 7.92. The van der Waals surface area contributed by atoms with E-state index in [1.807, 2.05) is 26.0 Å². The molecule has 1 aliphatic heterocycles. The normalized spacial score (nSPS) is 16.1. The first-order valence-corrected chi connectivity index (χ1v) is 9.44. The zero-order chi connectivity index (χ0) is 16.9. The number of halogens is 1. The number of aliphatic imine (C=N–C) groups is 1. The Morgan fingerprint density at radius 3 is 2.29 bits per heavy atom. The number of guanidine groups is 1. The molecule has 24 heavy (non-hydrogen) atoms. The predicted molar refractivity (Wildman–Crippen MR) is 108 cm³/mol. The zero-order valence-electron chi connectivity index (χ0n) is 14.4. The van der Waals surface area contributed by atoms with Crippen LogP contribution in [0.1, 0.15) is 32.3 Å². The molecule has 0 atom stereocenters. The van der Waals surface area contributed by atoms with Crippen LogP contribution >= 0.6 is 24.0 Å². The number of nitrogens with one attached hydrogen (secondary N) is 2. The Balaban J connectivity index is 0.00000288. The van der Waals surface area contributed by atoms with Gasteiger partial charge in [0.25, 0.3) is 0 Å². The molecule has 1 aliphatic rings. The molecule has 0 amide bonds. The minimum Gasteiger partial charge on any atom is -0.354 e. The summed E-state index contributed by atoms with van der Waals surface area (Å²) in [4.78, 5) is 4.51. The van der Waals surface area contributed by atoms with Gasteiger partial charge in [0, 0.05) is 32.7 Å². The third kappa shape index (κ3) is 5.59. The van der Waals surface area contributed by atoms with Gasteiger partial charge >= 0.3 is 0 Å². The van der Waals surface area contributed by atoms with Crippen molar-refractivity contribution in [3.8, 4) is 0 Å². The summed E-state index contributed by atoms with van der Waals surface area (Å²) in [5.74, 6) is 0.730. The highest BCUT2D eigenvalue weighted by atomic mass is 127. The second kappa shape index (κ2) is 9.57. The van der Waals surface area contributed by atoms with Gasteiger partial charge in [0.1, 0.15) is 0 Å². The molecule has 0 unspecified atom stereocenters. The highest BCUT2D eigenvalue weighted by molar-refractivity contribution is 14.0. The number of hydrogen-bond acceptors (Lipinski definition) is 3. The maximum absolute atomic E-state index is 12.5. The van der Waals surface area contributed by atoms with Crippen LogP contribution in [0.2, 0.25) is 0 Å². The molecule has 1 heterocycles. The van der Waals surface area contributed by atoms with Gasteiger partial charge in [-0.3, -0.25) is 4.99 Å². The minimum absolute atomic E-state index is 0. The summed E-state index contributed by atoms with van der Waals surface area (Å²) in [6.45, 7) is 5.94. The lowest BCUT2D eigenvalue weighted by atomic mass is 10.2. The molecule has 0 aromatic heterocycles. The van der Waals surface area contributed by atoms with Crippen LogP contribution in [0, 0.1) is 0 Å². The van der Waals surface area contributed by atoms with E-state index in [2.05, 4.69) is 15.6 Å². The first-order chi connectivity index (χ1) is 10.9. The van der Waals surface area contributed by atoms with Gasteiger partial charge in [-0.1, -0.05) is 12.1 Å². The first-order valence-electron chi connectivity index (χ1n) is 8.00. The molecular formula is C16H27IN4O2S. The molecule has 0 aliphatic carbocycles. The monoisotopic (exact) mass is 466 g/mol. The van der Waals surface area contributed by atoms with Crippen molar-refractivity contribution in [2.75, 3.05) is 20.1 Å². The summed E-state index contributed by atoms with van der Waals surface area (Å²) < 4.78 is 26.5. The average Bonchev–Trinajstić information content (AvgIpc) is 3.06. The van der Waals surface area contributed by atoms with E-state index >= 15 is 0 Å². The Bertz CT molecular complexity index is 639. The van der Waals surface area contributed by atoms with Gasteiger partial charge in [0.05, 0.1) is 4.90 Å². The number of hydrogen-bond donors (Lipinski definition) is 2. The van der Waals surface area contributed by atoms with E-state index in [0.29, 0.717) is 30.6 Å². The number of nitrogens with zero attached hydrogens (tertiary/aromatic N) is 2. The van der Waals surface area contributed by atoms with E-state index in [1.165, 1.54) is 0 Å². The Labute approximate surface area is 162 Å². The maximum atomic E-state index is 12.5. The molecule has 2 N–H and O–H groups in total. The van der Waals surface area contributed by atoms with Crippen LogP contribution in [0.5, 0.6) is 0 Å². The van der Waals surface area contributed by atoms with E-state index in [9.17, 15) is 8.42 Å². The maximum Gasteiger partial charge on any atom is 0.243 e. The van der Waals surface area contributed by atoms with Gasteiger partial charge in [-0.2, -0.15) is 4.31 Å². The van der Waals surface area contributed by atoms with Crippen molar-refractivity contribution < 1.29 is 8.42 Å². The average molecular weight is 466 g/mol. The van der Waals surface area contributed by atoms with Gasteiger partial charge in [0.15, 0.2) is 5.96 Å². The standard InChI is InChI=1S/C16H26N4O2S.HI/c1-13(2)19-16(17-3)18-12-14-6-8-15(9-7-14)23(21,22)20-10-4-5-11-20;/h6-9,13H,4-5,10-12H2,1-3H3,(H2,17,18,19);1H. The fraction of sp³-hybridized carbons (Fsp3) is 0.562. The zero-order valence-corrected chi connectivity index (χ0v) is 17.6. The topological polar surface area (TPSA) is 73.8 Å². The van der Waals surface area contributed by atoms with E-state index < -0.39 is 10.0 Å². The third-order valence-electron chi connectivity index (χ3n) is 3.74. The van der Waals surface area contributed by atoms with Gasteiger partial charge < -0.3 is 10.6 Å². The van der Waals surface area contributed by atoms with Crippen molar-refractivity contribution in [3.63, 3.8) is 0 Å². The van der Waals surface area contributed by atoms with E-state index in [1.54, 1.807) is 23.5 Å². The van der Waals surface area contributed by atoms with Gasteiger partial charge in [-0.15, -0.1) is 24.0 Å². The summed E-state index contributed by atoms with van der Waals surface area (Å²) in [7, 11) is -1.60. The molecule has 1 fully saturated rings. The number of benzene rings is 1. The minimum atomic E-state index is -3.33.